The Kier molecular flexibility index (Phi) is 1.28. The number of aromatic nitrogens is 3. The number of benzene rings is 1. The lowest BCUT2D eigenvalue weighted by atomic mass is 10.1. The van der Waals surface area contributed by atoms with Gasteiger partial charge in [-0.1, -0.05) is 0 Å². The lowest BCUT2D eigenvalue weighted by molar-refractivity contribution is 0.604. The summed E-state index contributed by atoms with van der Waals surface area (Å²) in [6.07, 6.45) is 3.26. The number of nitrogens with zero attached hydrogens (tertiary/aromatic N) is 2. The maximum absolute atomic E-state index is 5.33. The van der Waals surface area contributed by atoms with Crippen LogP contribution in [0.1, 0.15) is 0 Å². The number of rotatable bonds is 0. The van der Waals surface area contributed by atoms with Gasteiger partial charge in [0.15, 0.2) is 0 Å². The number of H-pyrrole nitrogens is 1. The van der Waals surface area contributed by atoms with Crippen molar-refractivity contribution in [2.45, 2.75) is 0 Å². The molecule has 0 radical (unpaired) electrons. The number of hydrogen-bond donors (Lipinski definition) is 1. The van der Waals surface area contributed by atoms with Crippen LogP contribution in [0, 0.1) is 0 Å². The Hall–Kier alpha value is -2.36. The van der Waals surface area contributed by atoms with E-state index in [9.17, 15) is 0 Å². The van der Waals surface area contributed by atoms with Crippen LogP contribution in [0.25, 0.3) is 33.0 Å². The summed E-state index contributed by atoms with van der Waals surface area (Å²) < 4.78 is 5.33. The fourth-order valence-electron chi connectivity index (χ4n) is 2.05. The van der Waals surface area contributed by atoms with Crippen molar-refractivity contribution >= 4 is 33.0 Å². The number of nitrogens with one attached hydrogen (secondary N) is 1. The van der Waals surface area contributed by atoms with Crippen LogP contribution in [0.3, 0.4) is 0 Å². The van der Waals surface area contributed by atoms with E-state index in [1.807, 2.05) is 18.2 Å². The van der Waals surface area contributed by atoms with E-state index in [0.29, 0.717) is 0 Å². The maximum Gasteiger partial charge on any atom is 0.204 e. The molecular weight excluding hydrogens is 202 g/mol. The Labute approximate surface area is 89.9 Å². The molecule has 76 valence electrons. The van der Waals surface area contributed by atoms with E-state index in [4.69, 9.17) is 4.42 Å². The van der Waals surface area contributed by atoms with Crippen molar-refractivity contribution in [3.63, 3.8) is 0 Å². The first kappa shape index (κ1) is 7.87. The highest BCUT2D eigenvalue weighted by molar-refractivity contribution is 6.05. The number of hydrogen-bond acceptors (Lipinski definition) is 3. The molecule has 0 unspecified atom stereocenters. The van der Waals surface area contributed by atoms with E-state index in [1.165, 1.54) is 0 Å². The molecule has 4 nitrogen and oxygen atoms in total. The highest BCUT2D eigenvalue weighted by Gasteiger charge is 2.06. The highest BCUT2D eigenvalue weighted by Crippen LogP contribution is 2.25. The van der Waals surface area contributed by atoms with Gasteiger partial charge in [0.2, 0.25) is 5.71 Å². The van der Waals surface area contributed by atoms with Gasteiger partial charge < -0.3 is 9.40 Å². The van der Waals surface area contributed by atoms with Crippen molar-refractivity contribution in [3.05, 3.63) is 36.9 Å². The molecule has 4 aromatic rings. The first-order valence-corrected chi connectivity index (χ1v) is 5.01. The SMILES string of the molecule is c1nc2ccc3[nH]c4occc4cc3c2n1. The van der Waals surface area contributed by atoms with Crippen molar-refractivity contribution in [2.75, 3.05) is 0 Å². The second-order valence-electron chi connectivity index (χ2n) is 3.74. The summed E-state index contributed by atoms with van der Waals surface area (Å²) in [7, 11) is 0. The molecule has 0 aliphatic rings. The molecule has 4 rings (SSSR count). The highest BCUT2D eigenvalue weighted by atomic mass is 16.3. The average Bonchev–Trinajstić information content (AvgIpc) is 2.94. The van der Waals surface area contributed by atoms with Crippen LogP contribution in [0.2, 0.25) is 0 Å². The molecule has 0 fully saturated rings. The first-order chi connectivity index (χ1) is 7.92. The first-order valence-electron chi connectivity index (χ1n) is 5.01. The van der Waals surface area contributed by atoms with Crippen LogP contribution in [-0.2, 0) is 0 Å². The van der Waals surface area contributed by atoms with Crippen LogP contribution in [-0.4, -0.2) is 15.0 Å². The van der Waals surface area contributed by atoms with E-state index in [2.05, 4.69) is 21.0 Å². The molecule has 1 aromatic carbocycles. The van der Waals surface area contributed by atoms with Crippen LogP contribution in [0.15, 0.2) is 41.3 Å². The van der Waals surface area contributed by atoms with Crippen LogP contribution >= 0.6 is 0 Å². The zero-order chi connectivity index (χ0) is 10.5. The summed E-state index contributed by atoms with van der Waals surface area (Å²) in [6.45, 7) is 0. The predicted molar refractivity (Wildman–Crippen MR) is 61.2 cm³/mol. The summed E-state index contributed by atoms with van der Waals surface area (Å²) in [4.78, 5) is 11.7. The molecule has 0 amide bonds. The summed E-state index contributed by atoms with van der Waals surface area (Å²) in [6, 6.07) is 7.95. The molecule has 3 aromatic heterocycles. The van der Waals surface area contributed by atoms with Crippen molar-refractivity contribution < 1.29 is 4.42 Å². The van der Waals surface area contributed by atoms with Gasteiger partial charge in [-0.3, -0.25) is 0 Å². The Morgan fingerprint density at radius 1 is 1.12 bits per heavy atom. The van der Waals surface area contributed by atoms with Gasteiger partial charge in [-0.2, -0.15) is 0 Å². The molecule has 0 bridgehead atoms. The lowest BCUT2D eigenvalue weighted by Crippen LogP contribution is -1.81. The molecule has 0 spiro atoms. The zero-order valence-electron chi connectivity index (χ0n) is 8.27. The summed E-state index contributed by atoms with van der Waals surface area (Å²) in [5.74, 6) is 0. The van der Waals surface area contributed by atoms with Gasteiger partial charge in [0, 0.05) is 10.8 Å². The fraction of sp³-hybridized carbons (Fsp3) is 0. The number of furan rings is 1. The van der Waals surface area contributed by atoms with Gasteiger partial charge in [-0.25, -0.2) is 9.97 Å². The van der Waals surface area contributed by atoms with Crippen LogP contribution < -0.4 is 0 Å². The minimum absolute atomic E-state index is 0.784. The molecule has 0 aliphatic carbocycles. The van der Waals surface area contributed by atoms with Crippen molar-refractivity contribution in [3.8, 4) is 0 Å². The molecule has 1 N–H and O–H groups in total. The largest absolute Gasteiger partial charge is 0.448 e. The normalized spacial score (nSPS) is 11.8. The minimum Gasteiger partial charge on any atom is -0.448 e. The van der Waals surface area contributed by atoms with Gasteiger partial charge in [0.25, 0.3) is 0 Å². The van der Waals surface area contributed by atoms with Gasteiger partial charge in [-0.05, 0) is 24.3 Å². The fourth-order valence-corrected chi connectivity index (χ4v) is 2.05. The van der Waals surface area contributed by atoms with Gasteiger partial charge in [0.05, 0.1) is 22.8 Å². The number of imidazole rings is 1. The summed E-state index contributed by atoms with van der Waals surface area (Å²) in [5.41, 5.74) is 3.64. The quantitative estimate of drug-likeness (QED) is 0.484. The number of aromatic amines is 1. The topological polar surface area (TPSA) is 54.7 Å². The Morgan fingerprint density at radius 3 is 3.12 bits per heavy atom. The maximum atomic E-state index is 5.33. The predicted octanol–water partition coefficient (Wildman–Crippen LogP) is 2.86. The van der Waals surface area contributed by atoms with E-state index in [-0.39, 0.29) is 0 Å². The van der Waals surface area contributed by atoms with Crippen molar-refractivity contribution in [2.24, 2.45) is 0 Å². The minimum atomic E-state index is 0.784. The van der Waals surface area contributed by atoms with Gasteiger partial charge >= 0.3 is 0 Å². The van der Waals surface area contributed by atoms with E-state index in [0.717, 1.165) is 33.0 Å². The lowest BCUT2D eigenvalue weighted by Gasteiger charge is -1.99. The average molecular weight is 209 g/mol. The molecular formula is C12H7N3O. The third-order valence-corrected chi connectivity index (χ3v) is 2.82. The van der Waals surface area contributed by atoms with Crippen LogP contribution in [0.4, 0.5) is 0 Å². The zero-order valence-corrected chi connectivity index (χ0v) is 8.27. The van der Waals surface area contributed by atoms with Crippen LogP contribution in [0.5, 0.6) is 0 Å². The second kappa shape index (κ2) is 2.61. The van der Waals surface area contributed by atoms with E-state index < -0.39 is 0 Å². The van der Waals surface area contributed by atoms with Crippen molar-refractivity contribution in [1.29, 1.82) is 0 Å². The molecule has 0 aliphatic heterocycles. The molecule has 4 heteroatoms. The van der Waals surface area contributed by atoms with Gasteiger partial charge in [0.1, 0.15) is 6.33 Å². The monoisotopic (exact) mass is 209 g/mol. The molecule has 0 atom stereocenters. The third-order valence-electron chi connectivity index (χ3n) is 2.82. The summed E-state index contributed by atoms with van der Waals surface area (Å²) in [5, 5.41) is 2.12. The van der Waals surface area contributed by atoms with Gasteiger partial charge in [-0.15, -0.1) is 0 Å². The molecule has 3 heterocycles. The Bertz CT molecular complexity index is 812. The van der Waals surface area contributed by atoms with E-state index >= 15 is 0 Å². The smallest absolute Gasteiger partial charge is 0.204 e. The molecule has 16 heavy (non-hydrogen) atoms. The molecule has 0 saturated heterocycles. The van der Waals surface area contributed by atoms with Crippen molar-refractivity contribution in [1.82, 2.24) is 15.0 Å². The Morgan fingerprint density at radius 2 is 2.12 bits per heavy atom. The second-order valence-corrected chi connectivity index (χ2v) is 3.74. The Balaban J connectivity index is 2.33. The third kappa shape index (κ3) is 0.883. The number of pyridine rings is 1. The standard InChI is InChI=1S/C12H7N3O/c1-2-10-11(14-6-13-10)8-5-7-3-4-16-12(7)15-9(1)8/h1-6,15H. The summed E-state index contributed by atoms with van der Waals surface area (Å²) >= 11 is 0. The number of fused-ring (bicyclic) bond motifs is 4. The molecule has 0 saturated carbocycles. The van der Waals surface area contributed by atoms with E-state index in [1.54, 1.807) is 12.6 Å².